The Bertz CT molecular complexity index is 193. The first-order valence-corrected chi connectivity index (χ1v) is 2.41. The van der Waals surface area contributed by atoms with E-state index in [1.807, 2.05) is 0 Å². The van der Waals surface area contributed by atoms with Gasteiger partial charge < -0.3 is 10.1 Å². The molecular weight excluding hydrogens is 120 g/mol. The van der Waals surface area contributed by atoms with Crippen molar-refractivity contribution in [3.63, 3.8) is 0 Å². The number of rotatable bonds is 2. The predicted molar refractivity (Wildman–Crippen MR) is 28.8 cm³/mol. The smallest absolute Gasteiger partial charge is 0.311 e. The summed E-state index contributed by atoms with van der Waals surface area (Å²) in [5.74, 6) is -0.458. The molecule has 0 aliphatic rings. The van der Waals surface area contributed by atoms with Crippen LogP contribution in [-0.4, -0.2) is 21.0 Å². The highest BCUT2D eigenvalue weighted by Crippen LogP contribution is 1.87. The normalized spacial score (nSPS) is 9.33. The van der Waals surface area contributed by atoms with Crippen molar-refractivity contribution in [1.29, 1.82) is 0 Å². The summed E-state index contributed by atoms with van der Waals surface area (Å²) in [5.41, 5.74) is 0. The van der Waals surface area contributed by atoms with E-state index >= 15 is 0 Å². The lowest BCUT2D eigenvalue weighted by Gasteiger charge is -1.85. The number of carboxylic acids is 1. The Morgan fingerprint density at radius 3 is 3.22 bits per heavy atom. The molecular formula is C5H5N2O2. The molecule has 0 spiro atoms. The van der Waals surface area contributed by atoms with Crippen LogP contribution in [0, 0.1) is 6.20 Å². The Kier molecular flexibility index (Phi) is 1.48. The number of nitrogens with one attached hydrogen (secondary N) is 1. The zero-order valence-corrected chi connectivity index (χ0v) is 4.59. The van der Waals surface area contributed by atoms with E-state index in [1.165, 1.54) is 6.20 Å². The second-order valence-electron chi connectivity index (χ2n) is 1.55. The van der Waals surface area contributed by atoms with E-state index in [1.54, 1.807) is 0 Å². The zero-order chi connectivity index (χ0) is 6.69. The summed E-state index contributed by atoms with van der Waals surface area (Å²) in [5, 5.41) is 8.21. The third-order valence-electron chi connectivity index (χ3n) is 0.822. The van der Waals surface area contributed by atoms with Crippen molar-refractivity contribution in [3.8, 4) is 0 Å². The first-order valence-electron chi connectivity index (χ1n) is 2.41. The maximum Gasteiger partial charge on any atom is 0.311 e. The SMILES string of the molecule is O=C(O)Cc1n[c]c[nH]1. The van der Waals surface area contributed by atoms with Crippen LogP contribution in [0.2, 0.25) is 0 Å². The van der Waals surface area contributed by atoms with Gasteiger partial charge in [0.2, 0.25) is 0 Å². The van der Waals surface area contributed by atoms with E-state index in [9.17, 15) is 4.79 Å². The fourth-order valence-corrected chi connectivity index (χ4v) is 0.492. The van der Waals surface area contributed by atoms with Crippen LogP contribution in [0.5, 0.6) is 0 Å². The molecule has 1 rings (SSSR count). The van der Waals surface area contributed by atoms with Gasteiger partial charge in [-0.2, -0.15) is 0 Å². The van der Waals surface area contributed by atoms with E-state index < -0.39 is 5.97 Å². The van der Waals surface area contributed by atoms with E-state index in [0.29, 0.717) is 5.82 Å². The summed E-state index contributed by atoms with van der Waals surface area (Å²) < 4.78 is 0. The first kappa shape index (κ1) is 5.81. The third kappa shape index (κ3) is 1.56. The lowest BCUT2D eigenvalue weighted by Crippen LogP contribution is -2.01. The summed E-state index contributed by atoms with van der Waals surface area (Å²) in [4.78, 5) is 16.2. The van der Waals surface area contributed by atoms with Gasteiger partial charge in [-0.05, 0) is 0 Å². The molecule has 0 amide bonds. The van der Waals surface area contributed by atoms with Gasteiger partial charge in [0.1, 0.15) is 18.4 Å². The van der Waals surface area contributed by atoms with Crippen molar-refractivity contribution in [2.45, 2.75) is 6.42 Å². The topological polar surface area (TPSA) is 66.0 Å². The lowest BCUT2D eigenvalue weighted by atomic mass is 10.4. The number of hydrogen-bond donors (Lipinski definition) is 2. The van der Waals surface area contributed by atoms with Gasteiger partial charge in [-0.3, -0.25) is 4.79 Å². The molecule has 0 fully saturated rings. The van der Waals surface area contributed by atoms with Crippen molar-refractivity contribution in [1.82, 2.24) is 9.97 Å². The van der Waals surface area contributed by atoms with Gasteiger partial charge in [0.15, 0.2) is 0 Å². The highest BCUT2D eigenvalue weighted by atomic mass is 16.4. The summed E-state index contributed by atoms with van der Waals surface area (Å²) in [6, 6.07) is 0. The van der Waals surface area contributed by atoms with Crippen molar-refractivity contribution in [3.05, 3.63) is 18.2 Å². The van der Waals surface area contributed by atoms with Gasteiger partial charge in [0, 0.05) is 6.20 Å². The van der Waals surface area contributed by atoms with Gasteiger partial charge in [-0.15, -0.1) is 0 Å². The molecule has 47 valence electrons. The molecule has 0 aliphatic carbocycles. The quantitative estimate of drug-likeness (QED) is 0.577. The number of carbonyl (C=O) groups is 1. The minimum atomic E-state index is -0.890. The number of nitrogens with zero attached hydrogens (tertiary/aromatic N) is 1. The summed E-state index contributed by atoms with van der Waals surface area (Å²) in [6.07, 6.45) is 3.87. The molecule has 0 unspecified atom stereocenters. The molecule has 0 atom stereocenters. The number of carboxylic acid groups (broad SMARTS) is 1. The number of hydrogen-bond acceptors (Lipinski definition) is 2. The number of aromatic nitrogens is 2. The van der Waals surface area contributed by atoms with Crippen molar-refractivity contribution in [2.75, 3.05) is 0 Å². The molecule has 1 radical (unpaired) electrons. The second kappa shape index (κ2) is 2.30. The fourth-order valence-electron chi connectivity index (χ4n) is 0.492. The number of aromatic amines is 1. The molecule has 0 aromatic carbocycles. The van der Waals surface area contributed by atoms with Crippen LogP contribution in [0.15, 0.2) is 6.20 Å². The number of imidazole rings is 1. The van der Waals surface area contributed by atoms with Gasteiger partial charge in [0.25, 0.3) is 0 Å². The van der Waals surface area contributed by atoms with Crippen LogP contribution in [-0.2, 0) is 11.2 Å². The molecule has 9 heavy (non-hydrogen) atoms. The third-order valence-corrected chi connectivity index (χ3v) is 0.822. The minimum Gasteiger partial charge on any atom is -0.481 e. The standard InChI is InChI=1S/C5H5N2O2/c8-5(9)3-4-6-1-2-7-4/h1H,3H2,(H,6,7)(H,8,9). The second-order valence-corrected chi connectivity index (χ2v) is 1.55. The van der Waals surface area contributed by atoms with Crippen LogP contribution in [0.3, 0.4) is 0 Å². The van der Waals surface area contributed by atoms with E-state index in [2.05, 4.69) is 16.2 Å². The predicted octanol–water partition coefficient (Wildman–Crippen LogP) is -0.163. The molecule has 1 aromatic heterocycles. The monoisotopic (exact) mass is 125 g/mol. The Balaban J connectivity index is 2.58. The molecule has 0 saturated carbocycles. The Labute approximate surface area is 51.5 Å². The van der Waals surface area contributed by atoms with Crippen LogP contribution >= 0.6 is 0 Å². The average Bonchev–Trinajstić information content (AvgIpc) is 2.15. The number of aliphatic carboxylic acids is 1. The van der Waals surface area contributed by atoms with Crippen molar-refractivity contribution < 1.29 is 9.90 Å². The minimum absolute atomic E-state index is 0.0660. The van der Waals surface area contributed by atoms with E-state index in [-0.39, 0.29) is 6.42 Å². The summed E-state index contributed by atoms with van der Waals surface area (Å²) in [7, 11) is 0. The Morgan fingerprint density at radius 2 is 2.78 bits per heavy atom. The molecule has 0 aliphatic heterocycles. The molecule has 1 heterocycles. The van der Waals surface area contributed by atoms with Gasteiger partial charge in [-0.1, -0.05) is 0 Å². The first-order chi connectivity index (χ1) is 4.29. The van der Waals surface area contributed by atoms with Gasteiger partial charge in [0.05, 0.1) is 0 Å². The van der Waals surface area contributed by atoms with Gasteiger partial charge in [-0.25, -0.2) is 4.98 Å². The summed E-state index contributed by atoms with van der Waals surface area (Å²) in [6.45, 7) is 0. The molecule has 2 N–H and O–H groups in total. The zero-order valence-electron chi connectivity index (χ0n) is 4.59. The van der Waals surface area contributed by atoms with E-state index in [4.69, 9.17) is 5.11 Å². The molecule has 4 nitrogen and oxygen atoms in total. The number of H-pyrrole nitrogens is 1. The molecule has 4 heteroatoms. The molecule has 0 bridgehead atoms. The largest absolute Gasteiger partial charge is 0.481 e. The Hall–Kier alpha value is -1.32. The maximum absolute atomic E-state index is 9.99. The van der Waals surface area contributed by atoms with Crippen molar-refractivity contribution in [2.24, 2.45) is 0 Å². The highest BCUT2D eigenvalue weighted by molar-refractivity contribution is 5.68. The van der Waals surface area contributed by atoms with E-state index in [0.717, 1.165) is 0 Å². The Morgan fingerprint density at radius 1 is 2.00 bits per heavy atom. The summed E-state index contributed by atoms with van der Waals surface area (Å²) >= 11 is 0. The average molecular weight is 125 g/mol. The van der Waals surface area contributed by atoms with Gasteiger partial charge >= 0.3 is 5.97 Å². The highest BCUT2D eigenvalue weighted by Gasteiger charge is 1.99. The maximum atomic E-state index is 9.99. The lowest BCUT2D eigenvalue weighted by molar-refractivity contribution is -0.136. The fraction of sp³-hybridized carbons (Fsp3) is 0.200. The molecule has 1 aromatic rings. The van der Waals surface area contributed by atoms with Crippen LogP contribution < -0.4 is 0 Å². The van der Waals surface area contributed by atoms with Crippen molar-refractivity contribution >= 4 is 5.97 Å². The van der Waals surface area contributed by atoms with Crippen LogP contribution in [0.1, 0.15) is 5.82 Å². The van der Waals surface area contributed by atoms with Crippen LogP contribution in [0.4, 0.5) is 0 Å². The van der Waals surface area contributed by atoms with Crippen LogP contribution in [0.25, 0.3) is 0 Å². The molecule has 0 saturated heterocycles.